The van der Waals surface area contributed by atoms with Crippen molar-refractivity contribution in [2.45, 2.75) is 51.1 Å². The third-order valence-corrected chi connectivity index (χ3v) is 4.57. The van der Waals surface area contributed by atoms with Gasteiger partial charge in [-0.1, -0.05) is 0 Å². The Balaban J connectivity index is 1.50. The van der Waals surface area contributed by atoms with E-state index in [-0.39, 0.29) is 5.91 Å². The van der Waals surface area contributed by atoms with Crippen LogP contribution in [0.3, 0.4) is 0 Å². The summed E-state index contributed by atoms with van der Waals surface area (Å²) in [6.07, 6.45) is 8.55. The number of piperidine rings is 1. The fraction of sp³-hybridized carbons (Fsp3) is 0.647. The second-order valence-corrected chi connectivity index (χ2v) is 6.34. The highest BCUT2D eigenvalue weighted by atomic mass is 16.1. The Bertz CT molecular complexity index is 493. The smallest absolute Gasteiger partial charge is 0.221 e. The predicted octanol–water partition coefficient (Wildman–Crippen LogP) is 1.83. The highest BCUT2D eigenvalue weighted by molar-refractivity contribution is 5.76. The van der Waals surface area contributed by atoms with Crippen LogP contribution in [0.5, 0.6) is 0 Å². The Hall–Kier alpha value is -1.62. The summed E-state index contributed by atoms with van der Waals surface area (Å²) < 4.78 is 0. The first-order chi connectivity index (χ1) is 10.8. The second kappa shape index (κ2) is 7.58. The minimum Gasteiger partial charge on any atom is -0.357 e. The lowest BCUT2D eigenvalue weighted by Gasteiger charge is -2.27. The van der Waals surface area contributed by atoms with Crippen LogP contribution in [0.1, 0.15) is 44.1 Å². The maximum absolute atomic E-state index is 12.0. The number of nitrogens with zero attached hydrogens (tertiary/aromatic N) is 2. The first-order valence-electron chi connectivity index (χ1n) is 8.51. The Morgan fingerprint density at radius 1 is 1.32 bits per heavy atom. The zero-order valence-corrected chi connectivity index (χ0v) is 13.2. The quantitative estimate of drug-likeness (QED) is 0.871. The summed E-state index contributed by atoms with van der Waals surface area (Å²) >= 11 is 0. The highest BCUT2D eigenvalue weighted by Gasteiger charge is 2.17. The van der Waals surface area contributed by atoms with E-state index in [0.717, 1.165) is 37.4 Å². The molecule has 2 aliphatic rings. The third kappa shape index (κ3) is 4.19. The van der Waals surface area contributed by atoms with Gasteiger partial charge in [0.05, 0.1) is 0 Å². The summed E-state index contributed by atoms with van der Waals surface area (Å²) in [7, 11) is 0. The van der Waals surface area contributed by atoms with Crippen molar-refractivity contribution in [1.82, 2.24) is 15.6 Å². The van der Waals surface area contributed by atoms with Crippen LogP contribution in [0.15, 0.2) is 18.3 Å². The minimum atomic E-state index is 0.135. The number of aromatic nitrogens is 1. The van der Waals surface area contributed by atoms with Gasteiger partial charge in [-0.2, -0.15) is 0 Å². The molecule has 0 bridgehead atoms. The molecule has 5 heteroatoms. The van der Waals surface area contributed by atoms with Crippen molar-refractivity contribution in [3.8, 4) is 0 Å². The van der Waals surface area contributed by atoms with E-state index >= 15 is 0 Å². The summed E-state index contributed by atoms with van der Waals surface area (Å²) in [5, 5.41) is 6.39. The normalized spacial score (nSPS) is 21.8. The van der Waals surface area contributed by atoms with Crippen LogP contribution in [0.25, 0.3) is 0 Å². The van der Waals surface area contributed by atoms with Crippen molar-refractivity contribution >= 4 is 11.7 Å². The van der Waals surface area contributed by atoms with E-state index in [4.69, 9.17) is 0 Å². The van der Waals surface area contributed by atoms with Gasteiger partial charge in [0.25, 0.3) is 0 Å². The molecule has 120 valence electrons. The van der Waals surface area contributed by atoms with Crippen LogP contribution in [0.4, 0.5) is 5.82 Å². The van der Waals surface area contributed by atoms with E-state index in [1.807, 2.05) is 12.3 Å². The van der Waals surface area contributed by atoms with Gasteiger partial charge in [-0.15, -0.1) is 0 Å². The number of anilines is 1. The molecule has 2 N–H and O–H groups in total. The number of hydrogen-bond donors (Lipinski definition) is 2. The molecule has 3 heterocycles. The Morgan fingerprint density at radius 3 is 2.95 bits per heavy atom. The van der Waals surface area contributed by atoms with Crippen molar-refractivity contribution in [2.24, 2.45) is 0 Å². The van der Waals surface area contributed by atoms with Crippen molar-refractivity contribution in [2.75, 3.05) is 24.5 Å². The zero-order valence-electron chi connectivity index (χ0n) is 13.2. The van der Waals surface area contributed by atoms with Gasteiger partial charge >= 0.3 is 0 Å². The zero-order chi connectivity index (χ0) is 15.2. The van der Waals surface area contributed by atoms with E-state index < -0.39 is 0 Å². The van der Waals surface area contributed by atoms with Crippen LogP contribution in [-0.4, -0.2) is 36.6 Å². The molecule has 2 saturated heterocycles. The molecule has 1 aromatic heterocycles. The molecule has 0 saturated carbocycles. The van der Waals surface area contributed by atoms with Gasteiger partial charge in [0.2, 0.25) is 5.91 Å². The van der Waals surface area contributed by atoms with Gasteiger partial charge in [-0.05, 0) is 56.3 Å². The number of rotatable bonds is 5. The van der Waals surface area contributed by atoms with Crippen LogP contribution in [-0.2, 0) is 11.3 Å². The maximum atomic E-state index is 12.0. The summed E-state index contributed by atoms with van der Waals surface area (Å²) in [5.74, 6) is 1.18. The number of pyridine rings is 1. The first kappa shape index (κ1) is 15.3. The highest BCUT2D eigenvalue weighted by Crippen LogP contribution is 2.18. The molecule has 22 heavy (non-hydrogen) atoms. The average Bonchev–Trinajstić information content (AvgIpc) is 3.07. The fourth-order valence-electron chi connectivity index (χ4n) is 3.29. The Kier molecular flexibility index (Phi) is 5.27. The fourth-order valence-corrected chi connectivity index (χ4v) is 3.29. The largest absolute Gasteiger partial charge is 0.357 e. The monoisotopic (exact) mass is 302 g/mol. The summed E-state index contributed by atoms with van der Waals surface area (Å²) in [5.41, 5.74) is 1.13. The minimum absolute atomic E-state index is 0.135. The number of carbonyl (C=O) groups excluding carboxylic acids is 1. The Morgan fingerprint density at radius 2 is 2.18 bits per heavy atom. The first-order valence-corrected chi connectivity index (χ1v) is 8.51. The van der Waals surface area contributed by atoms with Crippen molar-refractivity contribution in [3.05, 3.63) is 23.9 Å². The maximum Gasteiger partial charge on any atom is 0.221 e. The molecular formula is C17H26N4O. The molecule has 3 rings (SSSR count). The van der Waals surface area contributed by atoms with E-state index in [1.165, 1.54) is 25.7 Å². The molecule has 0 spiro atoms. The molecule has 5 nitrogen and oxygen atoms in total. The van der Waals surface area contributed by atoms with E-state index in [0.29, 0.717) is 19.0 Å². The summed E-state index contributed by atoms with van der Waals surface area (Å²) in [6.45, 7) is 3.82. The molecule has 2 fully saturated rings. The SMILES string of the molecule is O=C(CC1CCCN1)NCc1ccnc(N2CCCCC2)c1. The molecule has 1 atom stereocenters. The molecule has 0 aliphatic carbocycles. The second-order valence-electron chi connectivity index (χ2n) is 6.34. The van der Waals surface area contributed by atoms with Gasteiger partial charge in [0.1, 0.15) is 5.82 Å². The van der Waals surface area contributed by atoms with E-state index in [1.54, 1.807) is 0 Å². The van der Waals surface area contributed by atoms with Gasteiger partial charge < -0.3 is 15.5 Å². The molecule has 0 radical (unpaired) electrons. The van der Waals surface area contributed by atoms with Gasteiger partial charge in [-0.3, -0.25) is 4.79 Å². The number of nitrogens with one attached hydrogen (secondary N) is 2. The number of hydrogen-bond acceptors (Lipinski definition) is 4. The topological polar surface area (TPSA) is 57.3 Å². The standard InChI is InChI=1S/C17H26N4O/c22-17(12-15-5-4-7-18-15)20-13-14-6-8-19-16(11-14)21-9-2-1-3-10-21/h6,8,11,15,18H,1-5,7,9-10,12-13H2,(H,20,22). The molecule has 1 amide bonds. The van der Waals surface area contributed by atoms with E-state index in [2.05, 4.69) is 26.6 Å². The van der Waals surface area contributed by atoms with E-state index in [9.17, 15) is 4.79 Å². The van der Waals surface area contributed by atoms with Crippen molar-refractivity contribution in [3.63, 3.8) is 0 Å². The summed E-state index contributed by atoms with van der Waals surface area (Å²) in [4.78, 5) is 18.8. The molecule has 1 aromatic rings. The van der Waals surface area contributed by atoms with Gasteiger partial charge in [0, 0.05) is 38.3 Å². The van der Waals surface area contributed by atoms with Crippen molar-refractivity contribution < 1.29 is 4.79 Å². The van der Waals surface area contributed by atoms with Crippen LogP contribution >= 0.6 is 0 Å². The summed E-state index contributed by atoms with van der Waals surface area (Å²) in [6, 6.07) is 4.46. The lowest BCUT2D eigenvalue weighted by molar-refractivity contribution is -0.121. The van der Waals surface area contributed by atoms with Crippen LogP contribution in [0, 0.1) is 0 Å². The lowest BCUT2D eigenvalue weighted by Crippen LogP contribution is -2.32. The molecule has 1 unspecified atom stereocenters. The van der Waals surface area contributed by atoms with Crippen LogP contribution < -0.4 is 15.5 Å². The lowest BCUT2D eigenvalue weighted by atomic mass is 10.1. The van der Waals surface area contributed by atoms with Gasteiger partial charge in [-0.25, -0.2) is 4.98 Å². The van der Waals surface area contributed by atoms with Gasteiger partial charge in [0.15, 0.2) is 0 Å². The molecular weight excluding hydrogens is 276 g/mol. The Labute approximate surface area is 132 Å². The van der Waals surface area contributed by atoms with Crippen LogP contribution in [0.2, 0.25) is 0 Å². The molecule has 0 aromatic carbocycles. The third-order valence-electron chi connectivity index (χ3n) is 4.57. The average molecular weight is 302 g/mol. The number of amides is 1. The van der Waals surface area contributed by atoms with Crippen molar-refractivity contribution in [1.29, 1.82) is 0 Å². The molecule has 2 aliphatic heterocycles. The predicted molar refractivity (Wildman–Crippen MR) is 87.8 cm³/mol. The number of carbonyl (C=O) groups is 1.